The highest BCUT2D eigenvalue weighted by Gasteiger charge is 2.35. The molecule has 2 aromatic rings. The van der Waals surface area contributed by atoms with Gasteiger partial charge in [-0.15, -0.1) is 0 Å². The van der Waals surface area contributed by atoms with Gasteiger partial charge in [-0.3, -0.25) is 4.79 Å². The van der Waals surface area contributed by atoms with Gasteiger partial charge in [-0.05, 0) is 36.6 Å². The number of para-hydroxylation sites is 1. The Morgan fingerprint density at radius 3 is 2.70 bits per heavy atom. The molecule has 1 atom stereocenters. The number of rotatable bonds is 4. The van der Waals surface area contributed by atoms with Crippen molar-refractivity contribution in [3.05, 3.63) is 54.2 Å². The largest absolute Gasteiger partial charge is 0.439 e. The zero-order valence-electron chi connectivity index (χ0n) is 13.2. The van der Waals surface area contributed by atoms with Crippen LogP contribution >= 0.6 is 0 Å². The maximum Gasteiger partial charge on any atom is 0.255 e. The van der Waals surface area contributed by atoms with Crippen LogP contribution in [0.5, 0.6) is 11.6 Å². The molecule has 0 radical (unpaired) electrons. The number of pyridine rings is 1. The van der Waals surface area contributed by atoms with Crippen molar-refractivity contribution < 1.29 is 9.53 Å². The summed E-state index contributed by atoms with van der Waals surface area (Å²) in [5.74, 6) is 1.19. The Labute approximate surface area is 136 Å². The summed E-state index contributed by atoms with van der Waals surface area (Å²) in [7, 11) is 0. The van der Waals surface area contributed by atoms with Gasteiger partial charge in [0.05, 0.1) is 5.56 Å². The monoisotopic (exact) mass is 311 g/mol. The van der Waals surface area contributed by atoms with Gasteiger partial charge in [0.25, 0.3) is 5.91 Å². The van der Waals surface area contributed by atoms with Crippen LogP contribution in [0.15, 0.2) is 48.7 Å². The summed E-state index contributed by atoms with van der Waals surface area (Å²) < 4.78 is 5.64. The first-order valence-electron chi connectivity index (χ1n) is 7.78. The number of nitrogens with zero attached hydrogens (tertiary/aromatic N) is 2. The standard InChI is InChI=1S/C18H21N3O2/c1-18(12-19)9-10-21(13-18)17(22)14-7-8-16(20-11-14)23-15-5-3-2-4-6-15/h2-8,11H,9-10,12-13,19H2,1H3. The van der Waals surface area contributed by atoms with Crippen molar-refractivity contribution in [1.29, 1.82) is 0 Å². The van der Waals surface area contributed by atoms with Gasteiger partial charge in [0.1, 0.15) is 5.75 Å². The van der Waals surface area contributed by atoms with Crippen LogP contribution in [0.25, 0.3) is 0 Å². The first-order chi connectivity index (χ1) is 11.1. The predicted octanol–water partition coefficient (Wildman–Crippen LogP) is 2.68. The molecule has 1 aliphatic rings. The molecule has 1 fully saturated rings. The van der Waals surface area contributed by atoms with Gasteiger partial charge in [-0.1, -0.05) is 25.1 Å². The second-order valence-electron chi connectivity index (χ2n) is 6.29. The topological polar surface area (TPSA) is 68.5 Å². The van der Waals surface area contributed by atoms with Crippen LogP contribution < -0.4 is 10.5 Å². The number of aromatic nitrogens is 1. The van der Waals surface area contributed by atoms with Gasteiger partial charge < -0.3 is 15.4 Å². The van der Waals surface area contributed by atoms with E-state index in [1.54, 1.807) is 18.3 Å². The number of hydrogen-bond acceptors (Lipinski definition) is 4. The van der Waals surface area contributed by atoms with Gasteiger partial charge in [0, 0.05) is 25.4 Å². The summed E-state index contributed by atoms with van der Waals surface area (Å²) in [6.45, 7) is 4.16. The average Bonchev–Trinajstić information content (AvgIpc) is 2.99. The minimum absolute atomic E-state index is 0.000867. The third-order valence-electron chi connectivity index (χ3n) is 4.29. The number of benzene rings is 1. The lowest BCUT2D eigenvalue weighted by molar-refractivity contribution is 0.0776. The molecule has 1 amide bonds. The summed E-state index contributed by atoms with van der Waals surface area (Å²) in [6, 6.07) is 12.9. The number of nitrogens with two attached hydrogens (primary N) is 1. The normalized spacial score (nSPS) is 20.5. The highest BCUT2D eigenvalue weighted by atomic mass is 16.5. The van der Waals surface area contributed by atoms with Crippen LogP contribution in [0.4, 0.5) is 0 Å². The molecule has 1 aromatic heterocycles. The summed E-state index contributed by atoms with van der Waals surface area (Å²) in [6.07, 6.45) is 2.51. The van der Waals surface area contributed by atoms with E-state index >= 15 is 0 Å². The Hall–Kier alpha value is -2.40. The van der Waals surface area contributed by atoms with Crippen molar-refractivity contribution in [3.63, 3.8) is 0 Å². The van der Waals surface area contributed by atoms with Crippen LogP contribution in [-0.2, 0) is 0 Å². The molecule has 2 heterocycles. The highest BCUT2D eigenvalue weighted by molar-refractivity contribution is 5.94. The van der Waals surface area contributed by atoms with E-state index in [0.29, 0.717) is 24.5 Å². The van der Waals surface area contributed by atoms with Gasteiger partial charge in [0.15, 0.2) is 0 Å². The number of amides is 1. The van der Waals surface area contributed by atoms with E-state index in [9.17, 15) is 4.79 Å². The molecule has 1 unspecified atom stereocenters. The molecule has 0 bridgehead atoms. The van der Waals surface area contributed by atoms with Crippen LogP contribution in [0.1, 0.15) is 23.7 Å². The zero-order valence-corrected chi connectivity index (χ0v) is 13.2. The molecular weight excluding hydrogens is 290 g/mol. The second-order valence-corrected chi connectivity index (χ2v) is 6.29. The van der Waals surface area contributed by atoms with Gasteiger partial charge in [-0.2, -0.15) is 0 Å². The fourth-order valence-corrected chi connectivity index (χ4v) is 2.72. The summed E-state index contributed by atoms with van der Waals surface area (Å²) in [5, 5.41) is 0. The number of hydrogen-bond donors (Lipinski definition) is 1. The maximum atomic E-state index is 12.5. The number of ether oxygens (including phenoxy) is 1. The Bertz CT molecular complexity index is 672. The molecule has 1 aromatic carbocycles. The van der Waals surface area contributed by atoms with Gasteiger partial charge in [0.2, 0.25) is 5.88 Å². The highest BCUT2D eigenvalue weighted by Crippen LogP contribution is 2.29. The Morgan fingerprint density at radius 1 is 1.30 bits per heavy atom. The van der Waals surface area contributed by atoms with Crippen LogP contribution in [0.3, 0.4) is 0 Å². The number of carbonyl (C=O) groups is 1. The van der Waals surface area contributed by atoms with E-state index in [2.05, 4.69) is 11.9 Å². The lowest BCUT2D eigenvalue weighted by atomic mass is 9.90. The van der Waals surface area contributed by atoms with Crippen molar-refractivity contribution in [1.82, 2.24) is 9.88 Å². The molecule has 23 heavy (non-hydrogen) atoms. The van der Waals surface area contributed by atoms with Crippen LogP contribution in [0, 0.1) is 5.41 Å². The molecule has 0 saturated carbocycles. The minimum Gasteiger partial charge on any atom is -0.439 e. The van der Waals surface area contributed by atoms with E-state index in [-0.39, 0.29) is 11.3 Å². The van der Waals surface area contributed by atoms with E-state index in [1.807, 2.05) is 35.2 Å². The SMILES string of the molecule is CC1(CN)CCN(C(=O)c2ccc(Oc3ccccc3)nc2)C1. The van der Waals surface area contributed by atoms with Crippen LogP contribution in [0.2, 0.25) is 0 Å². The molecule has 5 nitrogen and oxygen atoms in total. The Balaban J connectivity index is 1.66. The summed E-state index contributed by atoms with van der Waals surface area (Å²) >= 11 is 0. The third-order valence-corrected chi connectivity index (χ3v) is 4.29. The molecule has 2 N–H and O–H groups in total. The van der Waals surface area contributed by atoms with Gasteiger partial charge >= 0.3 is 0 Å². The Morgan fingerprint density at radius 2 is 2.09 bits per heavy atom. The minimum atomic E-state index is 0.000867. The molecule has 1 saturated heterocycles. The fourth-order valence-electron chi connectivity index (χ4n) is 2.72. The molecule has 5 heteroatoms. The molecule has 0 aliphatic carbocycles. The van der Waals surface area contributed by atoms with E-state index in [4.69, 9.17) is 10.5 Å². The second kappa shape index (κ2) is 6.38. The predicted molar refractivity (Wildman–Crippen MR) is 88.4 cm³/mol. The lowest BCUT2D eigenvalue weighted by Crippen LogP contribution is -2.34. The molecule has 1 aliphatic heterocycles. The summed E-state index contributed by atoms with van der Waals surface area (Å²) in [4.78, 5) is 18.6. The van der Waals surface area contributed by atoms with Crippen molar-refractivity contribution in [2.45, 2.75) is 13.3 Å². The molecule has 3 rings (SSSR count). The lowest BCUT2D eigenvalue weighted by Gasteiger charge is -2.22. The van der Waals surface area contributed by atoms with Crippen molar-refractivity contribution in [2.75, 3.05) is 19.6 Å². The number of likely N-dealkylation sites (tertiary alicyclic amines) is 1. The maximum absolute atomic E-state index is 12.5. The smallest absolute Gasteiger partial charge is 0.255 e. The average molecular weight is 311 g/mol. The van der Waals surface area contributed by atoms with Crippen molar-refractivity contribution >= 4 is 5.91 Å². The van der Waals surface area contributed by atoms with E-state index < -0.39 is 0 Å². The molecule has 0 spiro atoms. The van der Waals surface area contributed by atoms with Crippen molar-refractivity contribution in [2.24, 2.45) is 11.1 Å². The quantitative estimate of drug-likeness (QED) is 0.942. The van der Waals surface area contributed by atoms with E-state index in [0.717, 1.165) is 18.7 Å². The molecular formula is C18H21N3O2. The van der Waals surface area contributed by atoms with Crippen LogP contribution in [-0.4, -0.2) is 35.4 Å². The molecule has 120 valence electrons. The summed E-state index contributed by atoms with van der Waals surface area (Å²) in [5.41, 5.74) is 6.40. The first kappa shape index (κ1) is 15.5. The number of carbonyl (C=O) groups excluding carboxylic acids is 1. The third kappa shape index (κ3) is 3.51. The fraction of sp³-hybridized carbons (Fsp3) is 0.333. The first-order valence-corrected chi connectivity index (χ1v) is 7.78. The van der Waals surface area contributed by atoms with E-state index in [1.165, 1.54) is 0 Å². The Kier molecular flexibility index (Phi) is 4.30. The van der Waals surface area contributed by atoms with Gasteiger partial charge in [-0.25, -0.2) is 4.98 Å². The van der Waals surface area contributed by atoms with Crippen molar-refractivity contribution in [3.8, 4) is 11.6 Å². The zero-order chi connectivity index (χ0) is 16.3.